The molecule has 0 aliphatic heterocycles. The van der Waals surface area contributed by atoms with E-state index in [-0.39, 0.29) is 10.8 Å². The van der Waals surface area contributed by atoms with Crippen LogP contribution in [0.4, 0.5) is 11.4 Å². The largest absolute Gasteiger partial charge is 0.320 e. The Morgan fingerprint density at radius 1 is 0.852 bits per heavy atom. The van der Waals surface area contributed by atoms with Crippen molar-refractivity contribution in [1.82, 2.24) is 0 Å². The van der Waals surface area contributed by atoms with Crippen LogP contribution in [0.3, 0.4) is 0 Å². The van der Waals surface area contributed by atoms with Crippen LogP contribution >= 0.6 is 22.6 Å². The Kier molecular flexibility index (Phi) is 5.81. The molecular formula is C20H17IN2O3S. The van der Waals surface area contributed by atoms with Gasteiger partial charge in [-0.1, -0.05) is 42.5 Å². The van der Waals surface area contributed by atoms with Crippen LogP contribution in [0.1, 0.15) is 15.9 Å². The number of hydrogen-bond acceptors (Lipinski definition) is 3. The first-order valence-electron chi connectivity index (χ1n) is 8.12. The summed E-state index contributed by atoms with van der Waals surface area (Å²) < 4.78 is 28.6. The number of carbonyl (C=O) groups excluding carboxylic acids is 1. The number of amides is 1. The zero-order valence-electron chi connectivity index (χ0n) is 14.4. The van der Waals surface area contributed by atoms with Crippen LogP contribution < -0.4 is 10.0 Å². The monoisotopic (exact) mass is 492 g/mol. The van der Waals surface area contributed by atoms with Gasteiger partial charge in [0, 0.05) is 3.57 Å². The fraction of sp³-hybridized carbons (Fsp3) is 0.0500. The third kappa shape index (κ3) is 4.48. The Labute approximate surface area is 172 Å². The molecule has 27 heavy (non-hydrogen) atoms. The van der Waals surface area contributed by atoms with Crippen LogP contribution in [0.25, 0.3) is 0 Å². The summed E-state index contributed by atoms with van der Waals surface area (Å²) in [5, 5.41) is 2.80. The zero-order valence-corrected chi connectivity index (χ0v) is 17.4. The maximum atomic E-state index is 12.7. The Balaban J connectivity index is 1.89. The van der Waals surface area contributed by atoms with E-state index in [1.807, 2.05) is 19.1 Å². The van der Waals surface area contributed by atoms with Crippen molar-refractivity contribution >= 4 is 49.9 Å². The van der Waals surface area contributed by atoms with E-state index >= 15 is 0 Å². The quantitative estimate of drug-likeness (QED) is 0.510. The van der Waals surface area contributed by atoms with E-state index in [2.05, 4.69) is 32.6 Å². The lowest BCUT2D eigenvalue weighted by Gasteiger charge is -2.14. The van der Waals surface area contributed by atoms with Gasteiger partial charge in [-0.15, -0.1) is 0 Å². The second kappa shape index (κ2) is 8.10. The van der Waals surface area contributed by atoms with Crippen molar-refractivity contribution in [3.05, 3.63) is 87.5 Å². The molecule has 0 unspecified atom stereocenters. The van der Waals surface area contributed by atoms with Crippen LogP contribution in [-0.4, -0.2) is 14.3 Å². The summed E-state index contributed by atoms with van der Waals surface area (Å²) in [6.07, 6.45) is 0. The van der Waals surface area contributed by atoms with Gasteiger partial charge in [-0.05, 0) is 65.4 Å². The summed E-state index contributed by atoms with van der Waals surface area (Å²) >= 11 is 2.13. The van der Waals surface area contributed by atoms with Crippen LogP contribution in [0.2, 0.25) is 0 Å². The van der Waals surface area contributed by atoms with Crippen LogP contribution in [0, 0.1) is 10.5 Å². The van der Waals surface area contributed by atoms with E-state index in [9.17, 15) is 13.2 Å². The third-order valence-corrected chi connectivity index (χ3v) is 6.72. The molecule has 5 nitrogen and oxygen atoms in total. The lowest BCUT2D eigenvalue weighted by molar-refractivity contribution is 0.102. The molecule has 0 spiro atoms. The molecule has 0 radical (unpaired) electrons. The number of nitrogens with one attached hydrogen (secondary N) is 2. The van der Waals surface area contributed by atoms with Crippen molar-refractivity contribution in [2.24, 2.45) is 0 Å². The van der Waals surface area contributed by atoms with Crippen molar-refractivity contribution in [3.8, 4) is 0 Å². The topological polar surface area (TPSA) is 75.3 Å². The molecule has 2 N–H and O–H groups in total. The highest BCUT2D eigenvalue weighted by Crippen LogP contribution is 2.26. The number of anilines is 2. The molecule has 3 rings (SSSR count). The molecular weight excluding hydrogens is 475 g/mol. The van der Waals surface area contributed by atoms with E-state index < -0.39 is 10.0 Å². The molecule has 1 amide bonds. The first-order valence-corrected chi connectivity index (χ1v) is 10.7. The lowest BCUT2D eigenvalue weighted by Crippen LogP contribution is -2.18. The Hall–Kier alpha value is -2.39. The molecule has 0 saturated heterocycles. The second-order valence-corrected chi connectivity index (χ2v) is 8.62. The SMILES string of the molecule is Cc1cccc(C(=O)Nc2ccccc2NS(=O)(=O)c2ccccc2)c1I. The van der Waals surface area contributed by atoms with Gasteiger partial charge < -0.3 is 5.32 Å². The van der Waals surface area contributed by atoms with Crippen LogP contribution in [0.5, 0.6) is 0 Å². The molecule has 0 atom stereocenters. The minimum Gasteiger partial charge on any atom is -0.320 e. The Morgan fingerprint density at radius 3 is 2.19 bits per heavy atom. The van der Waals surface area contributed by atoms with Gasteiger partial charge in [0.2, 0.25) is 0 Å². The first-order chi connectivity index (χ1) is 12.9. The molecule has 0 aliphatic rings. The second-order valence-electron chi connectivity index (χ2n) is 5.85. The van der Waals surface area contributed by atoms with Crippen molar-refractivity contribution in [2.45, 2.75) is 11.8 Å². The Morgan fingerprint density at radius 2 is 1.48 bits per heavy atom. The zero-order chi connectivity index (χ0) is 19.4. The van der Waals surface area contributed by atoms with E-state index in [1.165, 1.54) is 12.1 Å². The average molecular weight is 492 g/mol. The highest BCUT2D eigenvalue weighted by molar-refractivity contribution is 14.1. The molecule has 0 saturated carbocycles. The third-order valence-electron chi connectivity index (χ3n) is 3.91. The number of aryl methyl sites for hydroxylation is 1. The number of sulfonamides is 1. The highest BCUT2D eigenvalue weighted by Gasteiger charge is 2.17. The summed E-state index contributed by atoms with van der Waals surface area (Å²) in [4.78, 5) is 12.8. The van der Waals surface area contributed by atoms with E-state index in [0.29, 0.717) is 16.9 Å². The normalized spacial score (nSPS) is 11.0. The van der Waals surface area contributed by atoms with E-state index in [4.69, 9.17) is 0 Å². The fourth-order valence-electron chi connectivity index (χ4n) is 2.50. The number of carbonyl (C=O) groups is 1. The summed E-state index contributed by atoms with van der Waals surface area (Å²) in [7, 11) is -3.75. The maximum absolute atomic E-state index is 12.7. The smallest absolute Gasteiger partial charge is 0.261 e. The summed E-state index contributed by atoms with van der Waals surface area (Å²) in [5.74, 6) is -0.297. The standard InChI is InChI=1S/C20H17IN2O3S/c1-14-8-7-11-16(19(14)21)20(24)22-17-12-5-6-13-18(17)23-27(25,26)15-9-3-2-4-10-15/h2-13,23H,1H3,(H,22,24). The average Bonchev–Trinajstić information content (AvgIpc) is 2.66. The number of rotatable bonds is 5. The molecule has 138 valence electrons. The minimum absolute atomic E-state index is 0.152. The predicted octanol–water partition coefficient (Wildman–Crippen LogP) is 4.65. The lowest BCUT2D eigenvalue weighted by atomic mass is 10.1. The van der Waals surface area contributed by atoms with Crippen molar-refractivity contribution in [1.29, 1.82) is 0 Å². The molecule has 3 aromatic carbocycles. The van der Waals surface area contributed by atoms with Gasteiger partial charge in [0.25, 0.3) is 15.9 Å². The summed E-state index contributed by atoms with van der Waals surface area (Å²) in [5.41, 5.74) is 2.23. The molecule has 3 aromatic rings. The van der Waals surface area contributed by atoms with Gasteiger partial charge in [0.1, 0.15) is 0 Å². The van der Waals surface area contributed by atoms with E-state index in [1.54, 1.807) is 48.5 Å². The number of benzene rings is 3. The molecule has 0 aromatic heterocycles. The number of para-hydroxylation sites is 2. The first kappa shape index (κ1) is 19.4. The number of halogens is 1. The molecule has 0 bridgehead atoms. The van der Waals surface area contributed by atoms with Crippen molar-refractivity contribution in [3.63, 3.8) is 0 Å². The maximum Gasteiger partial charge on any atom is 0.261 e. The van der Waals surface area contributed by atoms with Crippen LogP contribution in [0.15, 0.2) is 77.7 Å². The molecule has 0 aliphatic carbocycles. The van der Waals surface area contributed by atoms with Gasteiger partial charge in [-0.2, -0.15) is 0 Å². The Bertz CT molecular complexity index is 1080. The molecule has 7 heteroatoms. The van der Waals surface area contributed by atoms with Gasteiger partial charge in [0.05, 0.1) is 21.8 Å². The van der Waals surface area contributed by atoms with Crippen LogP contribution in [-0.2, 0) is 10.0 Å². The fourth-order valence-corrected chi connectivity index (χ4v) is 4.20. The van der Waals surface area contributed by atoms with Gasteiger partial charge in [-0.25, -0.2) is 8.42 Å². The van der Waals surface area contributed by atoms with Crippen molar-refractivity contribution in [2.75, 3.05) is 10.0 Å². The highest BCUT2D eigenvalue weighted by atomic mass is 127. The van der Waals surface area contributed by atoms with Crippen molar-refractivity contribution < 1.29 is 13.2 Å². The molecule has 0 heterocycles. The number of hydrogen-bond donors (Lipinski definition) is 2. The minimum atomic E-state index is -3.75. The van der Waals surface area contributed by atoms with Gasteiger partial charge >= 0.3 is 0 Å². The summed E-state index contributed by atoms with van der Waals surface area (Å²) in [6, 6.07) is 20.3. The van der Waals surface area contributed by atoms with Gasteiger partial charge in [0.15, 0.2) is 0 Å². The van der Waals surface area contributed by atoms with E-state index in [0.717, 1.165) is 9.13 Å². The van der Waals surface area contributed by atoms with Gasteiger partial charge in [-0.3, -0.25) is 9.52 Å². The molecule has 0 fully saturated rings. The summed E-state index contributed by atoms with van der Waals surface area (Å²) in [6.45, 7) is 1.93. The predicted molar refractivity (Wildman–Crippen MR) is 116 cm³/mol.